The van der Waals surface area contributed by atoms with E-state index in [2.05, 4.69) is 15.4 Å². The molecule has 138 valence electrons. The molecule has 0 fully saturated rings. The number of rotatable bonds is 4. The standard InChI is InChI=1S/C22H17FN4O/c1-15-5-7-16(8-6-15)21-19(22(28)25-20-4-2-3-13-24-20)14-27(26-21)18-11-9-17(23)10-12-18/h2-14H,1H3,(H,24,25,28). The number of aromatic nitrogens is 3. The van der Waals surface area contributed by atoms with Crippen LogP contribution in [0, 0.1) is 12.7 Å². The number of nitrogens with one attached hydrogen (secondary N) is 1. The number of amides is 1. The number of anilines is 1. The lowest BCUT2D eigenvalue weighted by molar-refractivity contribution is 0.102. The summed E-state index contributed by atoms with van der Waals surface area (Å²) < 4.78 is 14.8. The summed E-state index contributed by atoms with van der Waals surface area (Å²) >= 11 is 0. The maximum Gasteiger partial charge on any atom is 0.260 e. The van der Waals surface area contributed by atoms with Crippen LogP contribution in [0.15, 0.2) is 79.1 Å². The second-order valence-corrected chi connectivity index (χ2v) is 6.35. The zero-order valence-electron chi connectivity index (χ0n) is 15.1. The van der Waals surface area contributed by atoms with Crippen LogP contribution in [0.3, 0.4) is 0 Å². The lowest BCUT2D eigenvalue weighted by atomic mass is 10.1. The first-order valence-corrected chi connectivity index (χ1v) is 8.75. The summed E-state index contributed by atoms with van der Waals surface area (Å²) in [6.45, 7) is 2.00. The van der Waals surface area contributed by atoms with Crippen molar-refractivity contribution in [1.29, 1.82) is 0 Å². The molecular weight excluding hydrogens is 355 g/mol. The van der Waals surface area contributed by atoms with Crippen LogP contribution in [-0.2, 0) is 0 Å². The van der Waals surface area contributed by atoms with Gasteiger partial charge in [0.15, 0.2) is 0 Å². The summed E-state index contributed by atoms with van der Waals surface area (Å²) in [6, 6.07) is 19.0. The van der Waals surface area contributed by atoms with E-state index < -0.39 is 0 Å². The molecule has 1 amide bonds. The van der Waals surface area contributed by atoms with Crippen molar-refractivity contribution in [1.82, 2.24) is 14.8 Å². The van der Waals surface area contributed by atoms with Crippen LogP contribution in [-0.4, -0.2) is 20.7 Å². The van der Waals surface area contributed by atoms with Crippen molar-refractivity contribution >= 4 is 11.7 Å². The Kier molecular flexibility index (Phi) is 4.68. The molecule has 5 nitrogen and oxygen atoms in total. The summed E-state index contributed by atoms with van der Waals surface area (Å²) in [5.41, 5.74) is 3.53. The molecule has 0 atom stereocenters. The third-order valence-corrected chi connectivity index (χ3v) is 4.28. The molecule has 28 heavy (non-hydrogen) atoms. The molecule has 0 aliphatic rings. The number of pyridine rings is 1. The zero-order valence-corrected chi connectivity index (χ0v) is 15.1. The number of carbonyl (C=O) groups excluding carboxylic acids is 1. The van der Waals surface area contributed by atoms with E-state index >= 15 is 0 Å². The van der Waals surface area contributed by atoms with E-state index in [1.807, 2.05) is 31.2 Å². The number of hydrogen-bond donors (Lipinski definition) is 1. The average Bonchev–Trinajstić information content (AvgIpc) is 3.15. The Balaban J connectivity index is 1.77. The molecule has 2 aromatic carbocycles. The highest BCUT2D eigenvalue weighted by molar-refractivity contribution is 6.07. The summed E-state index contributed by atoms with van der Waals surface area (Å²) in [4.78, 5) is 17.0. The van der Waals surface area contributed by atoms with Crippen molar-refractivity contribution in [2.24, 2.45) is 0 Å². The maximum absolute atomic E-state index is 13.3. The van der Waals surface area contributed by atoms with Gasteiger partial charge in [-0.3, -0.25) is 4.79 Å². The summed E-state index contributed by atoms with van der Waals surface area (Å²) in [7, 11) is 0. The van der Waals surface area contributed by atoms with E-state index in [9.17, 15) is 9.18 Å². The minimum absolute atomic E-state index is 0.317. The third kappa shape index (κ3) is 3.66. The van der Waals surface area contributed by atoms with Gasteiger partial charge in [0.05, 0.1) is 11.3 Å². The lowest BCUT2D eigenvalue weighted by Gasteiger charge is -2.04. The fraction of sp³-hybridized carbons (Fsp3) is 0.0455. The highest BCUT2D eigenvalue weighted by Gasteiger charge is 2.19. The first-order valence-electron chi connectivity index (χ1n) is 8.75. The molecule has 4 rings (SSSR count). The Labute approximate surface area is 161 Å². The van der Waals surface area contributed by atoms with E-state index in [4.69, 9.17) is 0 Å². The van der Waals surface area contributed by atoms with Gasteiger partial charge in [-0.05, 0) is 43.3 Å². The Bertz CT molecular complexity index is 1100. The molecule has 2 aromatic heterocycles. The molecule has 2 heterocycles. The molecule has 0 aliphatic heterocycles. The fourth-order valence-electron chi connectivity index (χ4n) is 2.81. The molecule has 0 bridgehead atoms. The van der Waals surface area contributed by atoms with Gasteiger partial charge in [-0.2, -0.15) is 5.10 Å². The van der Waals surface area contributed by atoms with Crippen LogP contribution in [0.5, 0.6) is 0 Å². The van der Waals surface area contributed by atoms with Crippen LogP contribution < -0.4 is 5.32 Å². The van der Waals surface area contributed by atoms with E-state index in [-0.39, 0.29) is 11.7 Å². The number of aryl methyl sites for hydroxylation is 1. The molecule has 0 saturated heterocycles. The normalized spacial score (nSPS) is 10.6. The second kappa shape index (κ2) is 7.44. The number of nitrogens with zero attached hydrogens (tertiary/aromatic N) is 3. The van der Waals surface area contributed by atoms with Gasteiger partial charge in [-0.25, -0.2) is 14.1 Å². The molecule has 6 heteroatoms. The molecule has 1 N–H and O–H groups in total. The van der Waals surface area contributed by atoms with Crippen LogP contribution in [0.25, 0.3) is 16.9 Å². The van der Waals surface area contributed by atoms with Crippen molar-refractivity contribution in [3.05, 3.63) is 96.1 Å². The molecule has 0 aliphatic carbocycles. The minimum Gasteiger partial charge on any atom is -0.306 e. The van der Waals surface area contributed by atoms with Gasteiger partial charge in [-0.1, -0.05) is 35.9 Å². The Hall–Kier alpha value is -3.80. The van der Waals surface area contributed by atoms with Crippen molar-refractivity contribution in [3.8, 4) is 16.9 Å². The Morgan fingerprint density at radius 1 is 1.00 bits per heavy atom. The average molecular weight is 372 g/mol. The smallest absolute Gasteiger partial charge is 0.260 e. The predicted molar refractivity (Wildman–Crippen MR) is 106 cm³/mol. The van der Waals surface area contributed by atoms with Gasteiger partial charge in [0, 0.05) is 18.0 Å². The fourth-order valence-corrected chi connectivity index (χ4v) is 2.81. The monoisotopic (exact) mass is 372 g/mol. The van der Waals surface area contributed by atoms with Gasteiger partial charge >= 0.3 is 0 Å². The van der Waals surface area contributed by atoms with Crippen molar-refractivity contribution in [2.45, 2.75) is 6.92 Å². The van der Waals surface area contributed by atoms with Gasteiger partial charge < -0.3 is 5.32 Å². The largest absolute Gasteiger partial charge is 0.306 e. The molecule has 0 unspecified atom stereocenters. The van der Waals surface area contributed by atoms with Gasteiger partial charge in [0.2, 0.25) is 0 Å². The lowest BCUT2D eigenvalue weighted by Crippen LogP contribution is -2.13. The van der Waals surface area contributed by atoms with Gasteiger partial charge in [-0.15, -0.1) is 0 Å². The highest BCUT2D eigenvalue weighted by atomic mass is 19.1. The van der Waals surface area contributed by atoms with Gasteiger partial charge in [0.1, 0.15) is 17.3 Å². The number of carbonyl (C=O) groups is 1. The topological polar surface area (TPSA) is 59.8 Å². The first kappa shape index (κ1) is 17.6. The summed E-state index contributed by atoms with van der Waals surface area (Å²) in [5, 5.41) is 7.38. The second-order valence-electron chi connectivity index (χ2n) is 6.35. The Morgan fingerprint density at radius 3 is 2.43 bits per heavy atom. The zero-order chi connectivity index (χ0) is 19.5. The van der Waals surface area contributed by atoms with E-state index in [1.165, 1.54) is 12.1 Å². The first-order chi connectivity index (χ1) is 13.6. The van der Waals surface area contributed by atoms with E-state index in [1.54, 1.807) is 47.4 Å². The Morgan fingerprint density at radius 2 is 1.75 bits per heavy atom. The summed E-state index contributed by atoms with van der Waals surface area (Å²) in [6.07, 6.45) is 3.25. The highest BCUT2D eigenvalue weighted by Crippen LogP contribution is 2.25. The predicted octanol–water partition coefficient (Wildman–Crippen LogP) is 4.63. The van der Waals surface area contributed by atoms with Crippen LogP contribution in [0.2, 0.25) is 0 Å². The third-order valence-electron chi connectivity index (χ3n) is 4.28. The molecular formula is C22H17FN4O. The number of halogens is 1. The van der Waals surface area contributed by atoms with Crippen molar-refractivity contribution in [3.63, 3.8) is 0 Å². The number of benzene rings is 2. The van der Waals surface area contributed by atoms with Crippen LogP contribution in [0.4, 0.5) is 10.2 Å². The van der Waals surface area contributed by atoms with Crippen LogP contribution >= 0.6 is 0 Å². The number of hydrogen-bond acceptors (Lipinski definition) is 3. The maximum atomic E-state index is 13.3. The molecule has 0 spiro atoms. The summed E-state index contributed by atoms with van der Waals surface area (Å²) in [5.74, 6) is -0.192. The van der Waals surface area contributed by atoms with Crippen molar-refractivity contribution in [2.75, 3.05) is 5.32 Å². The SMILES string of the molecule is Cc1ccc(-c2nn(-c3ccc(F)cc3)cc2C(=O)Nc2ccccn2)cc1. The minimum atomic E-state index is -0.331. The molecule has 4 aromatic rings. The van der Waals surface area contributed by atoms with Crippen molar-refractivity contribution < 1.29 is 9.18 Å². The van der Waals surface area contributed by atoms with Gasteiger partial charge in [0.25, 0.3) is 5.91 Å². The van der Waals surface area contributed by atoms with Crippen LogP contribution in [0.1, 0.15) is 15.9 Å². The van der Waals surface area contributed by atoms with E-state index in [0.29, 0.717) is 22.8 Å². The molecule has 0 radical (unpaired) electrons. The quantitative estimate of drug-likeness (QED) is 0.568. The van der Waals surface area contributed by atoms with E-state index in [0.717, 1.165) is 11.1 Å². The molecule has 0 saturated carbocycles.